The highest BCUT2D eigenvalue weighted by Crippen LogP contribution is 2.21. The van der Waals surface area contributed by atoms with E-state index in [4.69, 9.17) is 16.3 Å². The number of methoxy groups -OCH3 is 1. The lowest BCUT2D eigenvalue weighted by Gasteiger charge is -2.19. The third-order valence-electron chi connectivity index (χ3n) is 4.24. The molecule has 0 saturated heterocycles. The second-order valence-corrected chi connectivity index (χ2v) is 6.77. The fourth-order valence-electron chi connectivity index (χ4n) is 2.91. The lowest BCUT2D eigenvalue weighted by Crippen LogP contribution is -2.30. The number of aryl methyl sites for hydroxylation is 1. The van der Waals surface area contributed by atoms with Gasteiger partial charge in [-0.15, -0.1) is 0 Å². The van der Waals surface area contributed by atoms with Crippen molar-refractivity contribution in [3.05, 3.63) is 92.6 Å². The average molecular weight is 398 g/mol. The van der Waals surface area contributed by atoms with E-state index in [1.54, 1.807) is 50.4 Å². The minimum Gasteiger partial charge on any atom is -0.497 e. The van der Waals surface area contributed by atoms with Gasteiger partial charge >= 0.3 is 0 Å². The van der Waals surface area contributed by atoms with Crippen molar-refractivity contribution in [1.82, 2.24) is 15.3 Å². The molecule has 0 fully saturated rings. The van der Waals surface area contributed by atoms with Crippen molar-refractivity contribution in [3.63, 3.8) is 0 Å². The molecule has 28 heavy (non-hydrogen) atoms. The predicted molar refractivity (Wildman–Crippen MR) is 108 cm³/mol. The molecular formula is C21H20ClN3O3. The largest absolute Gasteiger partial charge is 0.497 e. The molecule has 3 aromatic rings. The SMILES string of the molecule is COc1cccc(C(=O)N[C@H](Cc2cc(=O)[nH]c(C)n2)c2ccc(Cl)cc2)c1. The first-order valence-electron chi connectivity index (χ1n) is 8.72. The number of hydrogen-bond acceptors (Lipinski definition) is 4. The summed E-state index contributed by atoms with van der Waals surface area (Å²) in [7, 11) is 1.55. The van der Waals surface area contributed by atoms with Gasteiger partial charge in [0.25, 0.3) is 11.5 Å². The molecule has 0 aliphatic rings. The van der Waals surface area contributed by atoms with Crippen LogP contribution in [0.1, 0.15) is 33.5 Å². The molecule has 6 nitrogen and oxygen atoms in total. The Labute approximate surface area is 167 Å². The van der Waals surface area contributed by atoms with Gasteiger partial charge in [0.15, 0.2) is 0 Å². The number of ether oxygens (including phenoxy) is 1. The molecule has 1 amide bonds. The number of H-pyrrole nitrogens is 1. The number of amides is 1. The molecule has 0 radical (unpaired) electrons. The summed E-state index contributed by atoms with van der Waals surface area (Å²) in [4.78, 5) is 31.6. The van der Waals surface area contributed by atoms with Crippen LogP contribution in [-0.2, 0) is 6.42 Å². The van der Waals surface area contributed by atoms with Crippen LogP contribution in [0.25, 0.3) is 0 Å². The molecule has 2 N–H and O–H groups in total. The van der Waals surface area contributed by atoms with Crippen molar-refractivity contribution in [3.8, 4) is 5.75 Å². The maximum atomic E-state index is 12.8. The first-order valence-corrected chi connectivity index (χ1v) is 9.09. The fraction of sp³-hybridized carbons (Fsp3) is 0.190. The molecule has 0 spiro atoms. The molecule has 0 unspecified atom stereocenters. The van der Waals surface area contributed by atoms with Gasteiger partial charge in [0.2, 0.25) is 0 Å². The highest BCUT2D eigenvalue weighted by molar-refractivity contribution is 6.30. The number of hydrogen-bond donors (Lipinski definition) is 2. The number of aromatic amines is 1. The van der Waals surface area contributed by atoms with E-state index in [0.717, 1.165) is 5.56 Å². The van der Waals surface area contributed by atoms with E-state index in [1.165, 1.54) is 6.07 Å². The summed E-state index contributed by atoms with van der Waals surface area (Å²) in [6, 6.07) is 15.2. The molecule has 0 aliphatic heterocycles. The monoisotopic (exact) mass is 397 g/mol. The lowest BCUT2D eigenvalue weighted by molar-refractivity contribution is 0.0936. The van der Waals surface area contributed by atoms with Crippen molar-refractivity contribution in [1.29, 1.82) is 0 Å². The maximum absolute atomic E-state index is 12.8. The van der Waals surface area contributed by atoms with Crippen molar-refractivity contribution in [2.75, 3.05) is 7.11 Å². The lowest BCUT2D eigenvalue weighted by atomic mass is 10.0. The van der Waals surface area contributed by atoms with Crippen LogP contribution in [0.15, 0.2) is 59.4 Å². The zero-order valence-electron chi connectivity index (χ0n) is 15.5. The highest BCUT2D eigenvalue weighted by atomic mass is 35.5. The van der Waals surface area contributed by atoms with Gasteiger partial charge in [0.1, 0.15) is 11.6 Å². The highest BCUT2D eigenvalue weighted by Gasteiger charge is 2.18. The van der Waals surface area contributed by atoms with Gasteiger partial charge in [0.05, 0.1) is 18.8 Å². The van der Waals surface area contributed by atoms with Crippen molar-refractivity contribution in [2.45, 2.75) is 19.4 Å². The van der Waals surface area contributed by atoms with Gasteiger partial charge in [-0.2, -0.15) is 0 Å². The number of nitrogens with zero attached hydrogens (tertiary/aromatic N) is 1. The van der Waals surface area contributed by atoms with E-state index >= 15 is 0 Å². The van der Waals surface area contributed by atoms with Gasteiger partial charge in [-0.3, -0.25) is 9.59 Å². The molecule has 0 bridgehead atoms. The Morgan fingerprint density at radius 1 is 1.21 bits per heavy atom. The van der Waals surface area contributed by atoms with E-state index in [2.05, 4.69) is 15.3 Å². The molecule has 0 saturated carbocycles. The van der Waals surface area contributed by atoms with E-state index in [-0.39, 0.29) is 17.5 Å². The molecular weight excluding hydrogens is 378 g/mol. The Morgan fingerprint density at radius 2 is 1.96 bits per heavy atom. The normalized spacial score (nSPS) is 11.7. The average Bonchev–Trinajstić information content (AvgIpc) is 2.67. The second kappa shape index (κ2) is 8.71. The maximum Gasteiger partial charge on any atom is 0.251 e. The Hall–Kier alpha value is -3.12. The molecule has 0 aliphatic carbocycles. The van der Waals surface area contributed by atoms with E-state index in [9.17, 15) is 9.59 Å². The van der Waals surface area contributed by atoms with Crippen LogP contribution in [0.3, 0.4) is 0 Å². The Bertz CT molecular complexity index is 1030. The number of rotatable bonds is 6. The van der Waals surface area contributed by atoms with Crippen LogP contribution in [0.2, 0.25) is 5.02 Å². The summed E-state index contributed by atoms with van der Waals surface area (Å²) in [5.74, 6) is 0.875. The van der Waals surface area contributed by atoms with E-state index in [1.807, 2.05) is 12.1 Å². The number of halogens is 1. The first kappa shape index (κ1) is 19.6. The smallest absolute Gasteiger partial charge is 0.251 e. The molecule has 7 heteroatoms. The number of carbonyl (C=O) groups excluding carboxylic acids is 1. The molecule has 1 atom stereocenters. The quantitative estimate of drug-likeness (QED) is 0.667. The van der Waals surface area contributed by atoms with Gasteiger partial charge in [-0.1, -0.05) is 29.8 Å². The fourth-order valence-corrected chi connectivity index (χ4v) is 3.03. The number of nitrogens with one attached hydrogen (secondary N) is 2. The zero-order chi connectivity index (χ0) is 20.1. The number of aromatic nitrogens is 2. The van der Waals surface area contributed by atoms with E-state index < -0.39 is 0 Å². The van der Waals surface area contributed by atoms with Crippen LogP contribution < -0.4 is 15.6 Å². The molecule has 1 heterocycles. The Balaban J connectivity index is 1.90. The minimum absolute atomic E-state index is 0.225. The minimum atomic E-state index is -0.385. The molecule has 1 aromatic heterocycles. The van der Waals surface area contributed by atoms with Crippen LogP contribution in [0.5, 0.6) is 5.75 Å². The van der Waals surface area contributed by atoms with Crippen LogP contribution in [-0.4, -0.2) is 23.0 Å². The Kier molecular flexibility index (Phi) is 6.11. The van der Waals surface area contributed by atoms with Crippen molar-refractivity contribution < 1.29 is 9.53 Å². The van der Waals surface area contributed by atoms with Gasteiger partial charge < -0.3 is 15.0 Å². The van der Waals surface area contributed by atoms with Crippen molar-refractivity contribution >= 4 is 17.5 Å². The summed E-state index contributed by atoms with van der Waals surface area (Å²) in [5.41, 5.74) is 1.71. The third-order valence-corrected chi connectivity index (χ3v) is 4.49. The summed E-state index contributed by atoms with van der Waals surface area (Å²) < 4.78 is 5.19. The third kappa shape index (κ3) is 4.98. The predicted octanol–water partition coefficient (Wildman–Crippen LogP) is 3.45. The Morgan fingerprint density at radius 3 is 2.64 bits per heavy atom. The number of benzene rings is 2. The first-order chi connectivity index (χ1) is 13.4. The topological polar surface area (TPSA) is 84.1 Å². The van der Waals surface area contributed by atoms with Crippen LogP contribution in [0.4, 0.5) is 0 Å². The van der Waals surface area contributed by atoms with Crippen molar-refractivity contribution in [2.24, 2.45) is 0 Å². The van der Waals surface area contributed by atoms with E-state index in [0.29, 0.717) is 34.3 Å². The second-order valence-electron chi connectivity index (χ2n) is 6.34. The van der Waals surface area contributed by atoms with Gasteiger partial charge in [-0.25, -0.2) is 4.98 Å². The molecule has 2 aromatic carbocycles. The number of carbonyl (C=O) groups is 1. The summed E-state index contributed by atoms with van der Waals surface area (Å²) in [5, 5.41) is 3.62. The molecule has 144 valence electrons. The summed E-state index contributed by atoms with van der Waals surface area (Å²) in [6.07, 6.45) is 0.363. The van der Waals surface area contributed by atoms with Gasteiger partial charge in [-0.05, 0) is 42.8 Å². The summed E-state index contributed by atoms with van der Waals surface area (Å²) >= 11 is 5.99. The standard InChI is InChI=1S/C21H20ClN3O3/c1-13-23-17(12-20(26)24-13)11-19(14-6-8-16(22)9-7-14)25-21(27)15-4-3-5-18(10-15)28-2/h3-10,12,19H,11H2,1-2H3,(H,25,27)(H,23,24,26)/t19-/m1/s1. The zero-order valence-corrected chi connectivity index (χ0v) is 16.3. The van der Waals surface area contributed by atoms with Gasteiger partial charge in [0, 0.05) is 23.1 Å². The summed E-state index contributed by atoms with van der Waals surface area (Å²) in [6.45, 7) is 1.72. The molecule has 3 rings (SSSR count). The van der Waals surface area contributed by atoms with Crippen LogP contribution in [0, 0.1) is 6.92 Å². The van der Waals surface area contributed by atoms with Crippen LogP contribution >= 0.6 is 11.6 Å².